The van der Waals surface area contributed by atoms with Crippen molar-refractivity contribution in [3.8, 4) is 0 Å². The summed E-state index contributed by atoms with van der Waals surface area (Å²) in [7, 11) is 0. The molecular formula is C12H14. The standard InChI is InChI=1S/C12H14/c1-9-7-10(2)12-6-4-3-5-11(12)8-9/h7-8H,3-4,6H2,1-2H3. The van der Waals surface area contributed by atoms with E-state index >= 15 is 0 Å². The van der Waals surface area contributed by atoms with E-state index in [0.717, 1.165) is 6.42 Å². The second-order valence-corrected chi connectivity index (χ2v) is 3.64. The smallest absolute Gasteiger partial charge is 0.0168 e. The van der Waals surface area contributed by atoms with Gasteiger partial charge in [0.2, 0.25) is 0 Å². The monoisotopic (exact) mass is 158 g/mol. The van der Waals surface area contributed by atoms with E-state index in [1.807, 2.05) is 0 Å². The molecule has 0 N–H and O–H groups in total. The van der Waals surface area contributed by atoms with Crippen molar-refractivity contribution in [2.75, 3.05) is 0 Å². The molecule has 1 aromatic rings. The second kappa shape index (κ2) is 2.93. The van der Waals surface area contributed by atoms with Gasteiger partial charge in [0, 0.05) is 6.42 Å². The first kappa shape index (κ1) is 7.85. The minimum absolute atomic E-state index is 1.13. The van der Waals surface area contributed by atoms with Crippen molar-refractivity contribution in [1.29, 1.82) is 0 Å². The van der Waals surface area contributed by atoms with E-state index < -0.39 is 0 Å². The van der Waals surface area contributed by atoms with Crippen LogP contribution in [0.4, 0.5) is 0 Å². The lowest BCUT2D eigenvalue weighted by Gasteiger charge is -2.17. The minimum atomic E-state index is 1.13. The molecule has 0 aromatic heterocycles. The van der Waals surface area contributed by atoms with E-state index in [9.17, 15) is 0 Å². The molecule has 0 saturated heterocycles. The molecule has 1 aliphatic rings. The second-order valence-electron chi connectivity index (χ2n) is 3.64. The Bertz CT molecular complexity index is 297. The average Bonchev–Trinajstić information content (AvgIpc) is 2.04. The molecule has 0 amide bonds. The maximum atomic E-state index is 3.44. The van der Waals surface area contributed by atoms with Crippen LogP contribution in [-0.2, 0) is 6.42 Å². The molecule has 0 aliphatic heterocycles. The predicted molar refractivity (Wildman–Crippen MR) is 51.2 cm³/mol. The van der Waals surface area contributed by atoms with Gasteiger partial charge in [-0.3, -0.25) is 0 Å². The zero-order valence-corrected chi connectivity index (χ0v) is 7.78. The fourth-order valence-electron chi connectivity index (χ4n) is 1.98. The lowest BCUT2D eigenvalue weighted by atomic mass is 9.87. The molecule has 1 aromatic carbocycles. The van der Waals surface area contributed by atoms with Gasteiger partial charge < -0.3 is 0 Å². The lowest BCUT2D eigenvalue weighted by molar-refractivity contribution is 0.769. The predicted octanol–water partition coefficient (Wildman–Crippen LogP) is 3.07. The highest BCUT2D eigenvalue weighted by atomic mass is 14.2. The van der Waals surface area contributed by atoms with Gasteiger partial charge in [-0.15, -0.1) is 0 Å². The Labute approximate surface area is 74.6 Å². The molecule has 0 heteroatoms. The molecule has 0 spiro atoms. The fraction of sp³-hybridized carbons (Fsp3) is 0.417. The molecule has 62 valence electrons. The summed E-state index contributed by atoms with van der Waals surface area (Å²) in [6.07, 6.45) is 7.10. The average molecular weight is 158 g/mol. The van der Waals surface area contributed by atoms with Crippen LogP contribution in [0, 0.1) is 20.3 Å². The van der Waals surface area contributed by atoms with Gasteiger partial charge in [-0.25, -0.2) is 0 Å². The fourth-order valence-corrected chi connectivity index (χ4v) is 1.98. The molecule has 0 fully saturated rings. The van der Waals surface area contributed by atoms with E-state index in [1.165, 1.54) is 35.1 Å². The summed E-state index contributed by atoms with van der Waals surface area (Å²) in [5.41, 5.74) is 5.68. The van der Waals surface area contributed by atoms with Crippen molar-refractivity contribution in [2.24, 2.45) is 0 Å². The Hall–Kier alpha value is -0.780. The molecule has 0 bridgehead atoms. The van der Waals surface area contributed by atoms with Gasteiger partial charge in [-0.05, 0) is 49.8 Å². The number of hydrogen-bond donors (Lipinski definition) is 0. The van der Waals surface area contributed by atoms with E-state index in [0.29, 0.717) is 0 Å². The Morgan fingerprint density at radius 1 is 1.25 bits per heavy atom. The molecule has 0 saturated carbocycles. The van der Waals surface area contributed by atoms with Crippen LogP contribution in [0.5, 0.6) is 0 Å². The van der Waals surface area contributed by atoms with Crippen molar-refractivity contribution >= 4 is 0 Å². The number of hydrogen-bond acceptors (Lipinski definition) is 0. The van der Waals surface area contributed by atoms with Crippen LogP contribution in [0.25, 0.3) is 0 Å². The molecule has 2 radical (unpaired) electrons. The summed E-state index contributed by atoms with van der Waals surface area (Å²) in [6, 6.07) is 4.52. The zero-order chi connectivity index (χ0) is 8.55. The summed E-state index contributed by atoms with van der Waals surface area (Å²) >= 11 is 0. The maximum Gasteiger partial charge on any atom is 0.0168 e. The number of fused-ring (bicyclic) bond motifs is 1. The Morgan fingerprint density at radius 2 is 2.08 bits per heavy atom. The summed E-state index contributed by atoms with van der Waals surface area (Å²) < 4.78 is 0. The van der Waals surface area contributed by atoms with Crippen molar-refractivity contribution in [2.45, 2.75) is 33.1 Å². The van der Waals surface area contributed by atoms with Gasteiger partial charge >= 0.3 is 0 Å². The number of rotatable bonds is 0. The summed E-state index contributed by atoms with van der Waals surface area (Å²) in [5, 5.41) is 0. The van der Waals surface area contributed by atoms with Gasteiger partial charge in [-0.1, -0.05) is 17.7 Å². The van der Waals surface area contributed by atoms with Crippen LogP contribution in [0.3, 0.4) is 0 Å². The highest BCUT2D eigenvalue weighted by Crippen LogP contribution is 2.26. The molecule has 0 heterocycles. The van der Waals surface area contributed by atoms with Crippen molar-refractivity contribution in [3.05, 3.63) is 40.8 Å². The van der Waals surface area contributed by atoms with Crippen LogP contribution in [0.2, 0.25) is 0 Å². The third kappa shape index (κ3) is 1.26. The largest absolute Gasteiger partial charge is 0.0561 e. The molecule has 0 nitrogen and oxygen atoms in total. The van der Waals surface area contributed by atoms with E-state index in [2.05, 4.69) is 32.4 Å². The van der Waals surface area contributed by atoms with Gasteiger partial charge in [-0.2, -0.15) is 0 Å². The zero-order valence-electron chi connectivity index (χ0n) is 7.78. The summed E-state index contributed by atoms with van der Waals surface area (Å²) in [6.45, 7) is 4.36. The van der Waals surface area contributed by atoms with Crippen molar-refractivity contribution in [1.82, 2.24) is 0 Å². The van der Waals surface area contributed by atoms with Crippen LogP contribution in [0.15, 0.2) is 12.1 Å². The molecule has 12 heavy (non-hydrogen) atoms. The first-order chi connectivity index (χ1) is 5.77. The van der Waals surface area contributed by atoms with Gasteiger partial charge in [0.25, 0.3) is 0 Å². The van der Waals surface area contributed by atoms with Crippen LogP contribution >= 0.6 is 0 Å². The Balaban J connectivity index is 2.53. The molecule has 0 atom stereocenters. The Kier molecular flexibility index (Phi) is 1.92. The van der Waals surface area contributed by atoms with Gasteiger partial charge in [0.1, 0.15) is 0 Å². The molecule has 0 unspecified atom stereocenters. The molecule has 1 aliphatic carbocycles. The summed E-state index contributed by atoms with van der Waals surface area (Å²) in [5.74, 6) is 0. The molecular weight excluding hydrogens is 144 g/mol. The number of aryl methyl sites for hydroxylation is 2. The normalized spacial score (nSPS) is 15.8. The third-order valence-electron chi connectivity index (χ3n) is 2.54. The highest BCUT2D eigenvalue weighted by Gasteiger charge is 2.11. The van der Waals surface area contributed by atoms with Gasteiger partial charge in [0.05, 0.1) is 0 Å². The van der Waals surface area contributed by atoms with Crippen LogP contribution < -0.4 is 0 Å². The maximum absolute atomic E-state index is 3.44. The SMILES string of the molecule is Cc1cc(C)c2c(c1)[C]CCC2. The first-order valence-corrected chi connectivity index (χ1v) is 4.61. The highest BCUT2D eigenvalue weighted by molar-refractivity contribution is 5.43. The third-order valence-corrected chi connectivity index (χ3v) is 2.54. The van der Waals surface area contributed by atoms with Crippen molar-refractivity contribution < 1.29 is 0 Å². The lowest BCUT2D eigenvalue weighted by Crippen LogP contribution is -2.03. The van der Waals surface area contributed by atoms with Crippen LogP contribution in [0.1, 0.15) is 35.1 Å². The van der Waals surface area contributed by atoms with E-state index in [-0.39, 0.29) is 0 Å². The van der Waals surface area contributed by atoms with E-state index in [1.54, 1.807) is 0 Å². The minimum Gasteiger partial charge on any atom is -0.0561 e. The first-order valence-electron chi connectivity index (χ1n) is 4.61. The van der Waals surface area contributed by atoms with Gasteiger partial charge in [0.15, 0.2) is 0 Å². The molecule has 2 rings (SSSR count). The quantitative estimate of drug-likeness (QED) is 0.544. The topological polar surface area (TPSA) is 0 Å². The van der Waals surface area contributed by atoms with Crippen molar-refractivity contribution in [3.63, 3.8) is 0 Å². The van der Waals surface area contributed by atoms with E-state index in [4.69, 9.17) is 0 Å². The number of benzene rings is 1. The van der Waals surface area contributed by atoms with Crippen LogP contribution in [-0.4, -0.2) is 0 Å². The Morgan fingerprint density at radius 3 is 2.92 bits per heavy atom. The summed E-state index contributed by atoms with van der Waals surface area (Å²) in [4.78, 5) is 0.